The molecule has 0 fully saturated rings. The summed E-state index contributed by atoms with van der Waals surface area (Å²) in [6.45, 7) is 0.516. The van der Waals surface area contributed by atoms with Crippen molar-refractivity contribution in [2.45, 2.75) is 11.4 Å². The van der Waals surface area contributed by atoms with E-state index in [-0.39, 0.29) is 11.5 Å². The van der Waals surface area contributed by atoms with Crippen molar-refractivity contribution >= 4 is 17.4 Å². The fourth-order valence-electron chi connectivity index (χ4n) is 1.89. The largest absolute Gasteiger partial charge is 0.350 e. The number of benzene rings is 1. The molecule has 2 aromatic heterocycles. The number of hydrogen-bond donors (Lipinski definition) is 0. The van der Waals surface area contributed by atoms with Gasteiger partial charge in [-0.25, -0.2) is 13.9 Å². The lowest BCUT2D eigenvalue weighted by Crippen LogP contribution is -2.21. The maximum atomic E-state index is 12.8. The zero-order valence-electron chi connectivity index (χ0n) is 10.6. The Bertz CT molecular complexity index is 779. The molecule has 0 aliphatic rings. The zero-order chi connectivity index (χ0) is 13.9. The van der Waals surface area contributed by atoms with Gasteiger partial charge in [0.05, 0.1) is 6.54 Å². The number of rotatable bonds is 4. The van der Waals surface area contributed by atoms with E-state index in [1.165, 1.54) is 21.2 Å². The number of aryl methyl sites for hydroxylation is 1. The second kappa shape index (κ2) is 5.50. The van der Waals surface area contributed by atoms with Crippen LogP contribution in [-0.4, -0.2) is 19.9 Å². The van der Waals surface area contributed by atoms with Gasteiger partial charge in [0.2, 0.25) is 0 Å². The molecular formula is C14H12FN3OS. The number of halogens is 1. The highest BCUT2D eigenvalue weighted by molar-refractivity contribution is 7.99. The first kappa shape index (κ1) is 12.9. The lowest BCUT2D eigenvalue weighted by atomic mass is 10.4. The molecule has 0 atom stereocenters. The third-order valence-corrected chi connectivity index (χ3v) is 3.87. The smallest absolute Gasteiger partial charge is 0.250 e. The van der Waals surface area contributed by atoms with Gasteiger partial charge in [-0.3, -0.25) is 4.40 Å². The normalized spacial score (nSPS) is 11.1. The molecule has 0 amide bonds. The van der Waals surface area contributed by atoms with Gasteiger partial charge in [0.1, 0.15) is 5.82 Å². The lowest BCUT2D eigenvalue weighted by Gasteiger charge is -2.01. The summed E-state index contributed by atoms with van der Waals surface area (Å²) in [6.07, 6.45) is 1.70. The Balaban J connectivity index is 1.69. The van der Waals surface area contributed by atoms with Crippen molar-refractivity contribution in [3.63, 3.8) is 0 Å². The Morgan fingerprint density at radius 3 is 2.70 bits per heavy atom. The Kier molecular flexibility index (Phi) is 3.56. The molecule has 0 bridgehead atoms. The minimum atomic E-state index is -0.245. The van der Waals surface area contributed by atoms with Crippen molar-refractivity contribution in [1.82, 2.24) is 14.2 Å². The molecule has 0 radical (unpaired) electrons. The van der Waals surface area contributed by atoms with Crippen LogP contribution in [0.1, 0.15) is 0 Å². The summed E-state index contributed by atoms with van der Waals surface area (Å²) in [5.41, 5.74) is 0.504. The van der Waals surface area contributed by atoms with E-state index in [0.717, 1.165) is 4.90 Å². The van der Waals surface area contributed by atoms with Gasteiger partial charge >= 0.3 is 5.69 Å². The molecule has 20 heavy (non-hydrogen) atoms. The van der Waals surface area contributed by atoms with E-state index >= 15 is 0 Å². The summed E-state index contributed by atoms with van der Waals surface area (Å²) >= 11 is 1.57. The molecule has 0 saturated carbocycles. The predicted molar refractivity (Wildman–Crippen MR) is 76.6 cm³/mol. The van der Waals surface area contributed by atoms with Crippen molar-refractivity contribution in [2.75, 3.05) is 5.75 Å². The van der Waals surface area contributed by atoms with Crippen LogP contribution < -0.4 is 5.69 Å². The lowest BCUT2D eigenvalue weighted by molar-refractivity contribution is 0.626. The molecule has 0 N–H and O–H groups in total. The molecule has 6 heteroatoms. The van der Waals surface area contributed by atoms with Gasteiger partial charge in [-0.2, -0.15) is 0 Å². The fraction of sp³-hybridized carbons (Fsp3) is 0.143. The molecule has 3 aromatic rings. The van der Waals surface area contributed by atoms with Crippen LogP contribution in [0.4, 0.5) is 4.39 Å². The van der Waals surface area contributed by atoms with Crippen LogP contribution in [0, 0.1) is 5.82 Å². The highest BCUT2D eigenvalue weighted by Crippen LogP contribution is 2.17. The topological polar surface area (TPSA) is 39.3 Å². The molecule has 0 aliphatic carbocycles. The van der Waals surface area contributed by atoms with Crippen LogP contribution in [0.5, 0.6) is 0 Å². The van der Waals surface area contributed by atoms with Crippen LogP contribution in [-0.2, 0) is 6.54 Å². The van der Waals surface area contributed by atoms with Gasteiger partial charge in [-0.15, -0.1) is 16.9 Å². The highest BCUT2D eigenvalue weighted by Gasteiger charge is 2.05. The molecule has 102 valence electrons. The van der Waals surface area contributed by atoms with Crippen LogP contribution in [0.2, 0.25) is 0 Å². The average Bonchev–Trinajstić information content (AvgIpc) is 2.78. The Hall–Kier alpha value is -2.08. The number of pyridine rings is 1. The number of thioether (sulfide) groups is 1. The Morgan fingerprint density at radius 2 is 1.95 bits per heavy atom. The average molecular weight is 289 g/mol. The van der Waals surface area contributed by atoms with Gasteiger partial charge in [0, 0.05) is 16.8 Å². The molecule has 0 spiro atoms. The monoisotopic (exact) mass is 289 g/mol. The maximum Gasteiger partial charge on any atom is 0.350 e. The number of fused-ring (bicyclic) bond motifs is 1. The van der Waals surface area contributed by atoms with E-state index < -0.39 is 0 Å². The summed E-state index contributed by atoms with van der Waals surface area (Å²) < 4.78 is 15.7. The minimum Gasteiger partial charge on any atom is -0.250 e. The van der Waals surface area contributed by atoms with Crippen molar-refractivity contribution in [2.24, 2.45) is 0 Å². The predicted octanol–water partition coefficient (Wildman–Crippen LogP) is 2.43. The summed E-state index contributed by atoms with van der Waals surface area (Å²) in [6, 6.07) is 11.8. The molecule has 1 aromatic carbocycles. The Morgan fingerprint density at radius 1 is 1.15 bits per heavy atom. The van der Waals surface area contributed by atoms with Gasteiger partial charge in [0.25, 0.3) is 0 Å². The standard InChI is InChI=1S/C14H12FN3OS/c15-11-4-6-12(7-5-11)20-10-9-18-14(19)17-8-2-1-3-13(17)16-18/h1-8H,9-10H2. The summed E-state index contributed by atoms with van der Waals surface area (Å²) in [7, 11) is 0. The molecule has 3 rings (SSSR count). The molecule has 4 nitrogen and oxygen atoms in total. The quantitative estimate of drug-likeness (QED) is 0.692. The van der Waals surface area contributed by atoms with E-state index in [1.807, 2.05) is 6.07 Å². The first-order valence-corrected chi connectivity index (χ1v) is 7.15. The number of hydrogen-bond acceptors (Lipinski definition) is 3. The molecular weight excluding hydrogens is 277 g/mol. The summed E-state index contributed by atoms with van der Waals surface area (Å²) in [5, 5.41) is 4.25. The minimum absolute atomic E-state index is 0.139. The Labute approximate surface area is 118 Å². The third kappa shape index (κ3) is 2.60. The second-order valence-corrected chi connectivity index (χ2v) is 5.41. The van der Waals surface area contributed by atoms with Gasteiger partial charge in [-0.1, -0.05) is 6.07 Å². The van der Waals surface area contributed by atoms with Crippen LogP contribution in [0.25, 0.3) is 5.65 Å². The van der Waals surface area contributed by atoms with E-state index in [9.17, 15) is 9.18 Å². The van der Waals surface area contributed by atoms with E-state index in [0.29, 0.717) is 17.9 Å². The first-order valence-electron chi connectivity index (χ1n) is 6.16. The van der Waals surface area contributed by atoms with E-state index in [4.69, 9.17) is 0 Å². The second-order valence-electron chi connectivity index (χ2n) is 4.24. The van der Waals surface area contributed by atoms with Gasteiger partial charge in [0.15, 0.2) is 5.65 Å². The molecule has 0 unspecified atom stereocenters. The molecule has 0 saturated heterocycles. The number of aromatic nitrogens is 3. The van der Waals surface area contributed by atoms with Crippen molar-refractivity contribution < 1.29 is 4.39 Å². The summed E-state index contributed by atoms with van der Waals surface area (Å²) in [5.74, 6) is 0.459. The first-order chi connectivity index (χ1) is 9.74. The highest BCUT2D eigenvalue weighted by atomic mass is 32.2. The van der Waals surface area contributed by atoms with E-state index in [1.54, 1.807) is 42.2 Å². The molecule has 0 aliphatic heterocycles. The SMILES string of the molecule is O=c1n(CCSc2ccc(F)cc2)nc2ccccn12. The molecule has 2 heterocycles. The van der Waals surface area contributed by atoms with Crippen LogP contribution in [0.15, 0.2) is 58.4 Å². The maximum absolute atomic E-state index is 12.8. The zero-order valence-corrected chi connectivity index (χ0v) is 11.4. The van der Waals surface area contributed by atoms with Crippen LogP contribution in [0.3, 0.4) is 0 Å². The third-order valence-electron chi connectivity index (χ3n) is 2.87. The summed E-state index contributed by atoms with van der Waals surface area (Å²) in [4.78, 5) is 13.0. The fourth-order valence-corrected chi connectivity index (χ4v) is 2.72. The van der Waals surface area contributed by atoms with Crippen molar-refractivity contribution in [3.8, 4) is 0 Å². The van der Waals surface area contributed by atoms with E-state index in [2.05, 4.69) is 5.10 Å². The van der Waals surface area contributed by atoms with Crippen molar-refractivity contribution in [1.29, 1.82) is 0 Å². The van der Waals surface area contributed by atoms with Gasteiger partial charge in [-0.05, 0) is 36.4 Å². The number of nitrogens with zero attached hydrogens (tertiary/aromatic N) is 3. The van der Waals surface area contributed by atoms with Crippen molar-refractivity contribution in [3.05, 3.63) is 65.0 Å². The van der Waals surface area contributed by atoms with Gasteiger partial charge < -0.3 is 0 Å². The van der Waals surface area contributed by atoms with Crippen LogP contribution >= 0.6 is 11.8 Å².